The summed E-state index contributed by atoms with van der Waals surface area (Å²) in [6, 6.07) is 12.7. The maximum Gasteiger partial charge on any atom is 0.258 e. The Bertz CT molecular complexity index is 774. The molecule has 0 saturated heterocycles. The standard InChI is InChI=1S/C20H23NO4/c1-4-14-12-17(22)15-7-5-6-8-16(15)21(14)20(23)13-9-10-18(24-2)19(11-13)25-3/h5-11,14,17,22H,4,12H2,1-3H3. The minimum Gasteiger partial charge on any atom is -0.493 e. The number of carbonyl (C=O) groups excluding carboxylic acids is 1. The number of para-hydroxylation sites is 1. The Kier molecular flexibility index (Phi) is 4.95. The number of ether oxygens (including phenoxy) is 2. The molecule has 1 amide bonds. The minimum atomic E-state index is -0.546. The van der Waals surface area contributed by atoms with Crippen molar-refractivity contribution in [1.82, 2.24) is 0 Å². The van der Waals surface area contributed by atoms with Crippen LogP contribution in [0, 0.1) is 0 Å². The average Bonchev–Trinajstić information content (AvgIpc) is 2.66. The van der Waals surface area contributed by atoms with E-state index in [1.54, 1.807) is 37.3 Å². The lowest BCUT2D eigenvalue weighted by atomic mass is 9.91. The Labute approximate surface area is 147 Å². The van der Waals surface area contributed by atoms with E-state index < -0.39 is 6.10 Å². The number of methoxy groups -OCH3 is 2. The van der Waals surface area contributed by atoms with E-state index >= 15 is 0 Å². The third-order valence-electron chi connectivity index (χ3n) is 4.74. The van der Waals surface area contributed by atoms with E-state index in [4.69, 9.17) is 9.47 Å². The predicted molar refractivity (Wildman–Crippen MR) is 96.5 cm³/mol. The molecule has 0 aliphatic carbocycles. The number of amides is 1. The number of carbonyl (C=O) groups is 1. The Morgan fingerprint density at radius 3 is 2.56 bits per heavy atom. The number of hydrogen-bond donors (Lipinski definition) is 1. The average molecular weight is 341 g/mol. The van der Waals surface area contributed by atoms with Crippen LogP contribution < -0.4 is 14.4 Å². The van der Waals surface area contributed by atoms with Gasteiger partial charge in [-0.05, 0) is 37.1 Å². The molecule has 1 aliphatic heterocycles. The third-order valence-corrected chi connectivity index (χ3v) is 4.74. The molecule has 0 fully saturated rings. The van der Waals surface area contributed by atoms with Gasteiger partial charge in [-0.3, -0.25) is 4.79 Å². The maximum absolute atomic E-state index is 13.3. The van der Waals surface area contributed by atoms with Crippen molar-refractivity contribution in [3.8, 4) is 11.5 Å². The van der Waals surface area contributed by atoms with E-state index in [0.29, 0.717) is 23.5 Å². The van der Waals surface area contributed by atoms with Crippen LogP contribution in [-0.2, 0) is 0 Å². The molecule has 2 atom stereocenters. The summed E-state index contributed by atoms with van der Waals surface area (Å²) in [4.78, 5) is 15.0. The number of fused-ring (bicyclic) bond motifs is 1. The summed E-state index contributed by atoms with van der Waals surface area (Å²) in [6.07, 6.45) is 0.757. The van der Waals surface area contributed by atoms with E-state index in [1.807, 2.05) is 31.2 Å². The Morgan fingerprint density at radius 1 is 1.16 bits per heavy atom. The molecule has 5 heteroatoms. The molecular formula is C20H23NO4. The lowest BCUT2D eigenvalue weighted by molar-refractivity contribution is 0.0941. The fraction of sp³-hybridized carbons (Fsp3) is 0.350. The van der Waals surface area contributed by atoms with Crippen LogP contribution in [0.25, 0.3) is 0 Å². The number of aliphatic hydroxyl groups is 1. The molecule has 5 nitrogen and oxygen atoms in total. The monoisotopic (exact) mass is 341 g/mol. The summed E-state index contributed by atoms with van der Waals surface area (Å²) < 4.78 is 10.6. The summed E-state index contributed by atoms with van der Waals surface area (Å²) in [7, 11) is 3.11. The van der Waals surface area contributed by atoms with Crippen LogP contribution in [0.4, 0.5) is 5.69 Å². The number of nitrogens with zero attached hydrogens (tertiary/aromatic N) is 1. The molecule has 0 bridgehead atoms. The van der Waals surface area contributed by atoms with Crippen LogP contribution in [0.1, 0.15) is 41.8 Å². The largest absolute Gasteiger partial charge is 0.493 e. The van der Waals surface area contributed by atoms with Crippen LogP contribution in [-0.4, -0.2) is 31.3 Å². The first kappa shape index (κ1) is 17.3. The Morgan fingerprint density at radius 2 is 1.88 bits per heavy atom. The van der Waals surface area contributed by atoms with Crippen molar-refractivity contribution in [2.75, 3.05) is 19.1 Å². The molecule has 0 spiro atoms. The van der Waals surface area contributed by atoms with Crippen molar-refractivity contribution in [3.63, 3.8) is 0 Å². The number of hydrogen-bond acceptors (Lipinski definition) is 4. The van der Waals surface area contributed by atoms with Gasteiger partial charge in [-0.25, -0.2) is 0 Å². The number of aliphatic hydroxyl groups excluding tert-OH is 1. The van der Waals surface area contributed by atoms with Crippen molar-refractivity contribution in [3.05, 3.63) is 53.6 Å². The van der Waals surface area contributed by atoms with Gasteiger partial charge in [0.05, 0.1) is 26.0 Å². The molecule has 1 N–H and O–H groups in total. The van der Waals surface area contributed by atoms with Gasteiger partial charge in [0.25, 0.3) is 5.91 Å². The van der Waals surface area contributed by atoms with E-state index in [2.05, 4.69) is 0 Å². The first-order valence-electron chi connectivity index (χ1n) is 8.43. The van der Waals surface area contributed by atoms with Crippen LogP contribution in [0.5, 0.6) is 11.5 Å². The molecular weight excluding hydrogens is 318 g/mol. The summed E-state index contributed by atoms with van der Waals surface area (Å²) in [5, 5.41) is 10.4. The van der Waals surface area contributed by atoms with E-state index in [9.17, 15) is 9.90 Å². The van der Waals surface area contributed by atoms with Crippen molar-refractivity contribution >= 4 is 11.6 Å². The lowest BCUT2D eigenvalue weighted by Crippen LogP contribution is -2.44. The second-order valence-corrected chi connectivity index (χ2v) is 6.12. The van der Waals surface area contributed by atoms with Crippen molar-refractivity contribution in [2.45, 2.75) is 31.9 Å². The highest BCUT2D eigenvalue weighted by Crippen LogP contribution is 2.39. The number of anilines is 1. The van der Waals surface area contributed by atoms with Crippen molar-refractivity contribution < 1.29 is 19.4 Å². The quantitative estimate of drug-likeness (QED) is 0.924. The molecule has 132 valence electrons. The highest BCUT2D eigenvalue weighted by molar-refractivity contribution is 6.07. The molecule has 0 radical (unpaired) electrons. The van der Waals surface area contributed by atoms with Crippen molar-refractivity contribution in [2.24, 2.45) is 0 Å². The van der Waals surface area contributed by atoms with E-state index in [0.717, 1.165) is 17.7 Å². The zero-order valence-corrected chi connectivity index (χ0v) is 14.7. The van der Waals surface area contributed by atoms with Gasteiger partial charge in [-0.2, -0.15) is 0 Å². The summed E-state index contributed by atoms with van der Waals surface area (Å²) in [5.74, 6) is 0.999. The topological polar surface area (TPSA) is 59.0 Å². The van der Waals surface area contributed by atoms with Gasteiger partial charge in [0.1, 0.15) is 0 Å². The Hall–Kier alpha value is -2.53. The third kappa shape index (κ3) is 3.07. The van der Waals surface area contributed by atoms with Gasteiger partial charge in [0.2, 0.25) is 0 Å². The summed E-state index contributed by atoms with van der Waals surface area (Å²) in [5.41, 5.74) is 2.09. The molecule has 1 heterocycles. The second kappa shape index (κ2) is 7.15. The fourth-order valence-electron chi connectivity index (χ4n) is 3.41. The zero-order chi connectivity index (χ0) is 18.0. The molecule has 25 heavy (non-hydrogen) atoms. The van der Waals surface area contributed by atoms with E-state index in [-0.39, 0.29) is 11.9 Å². The molecule has 0 aromatic heterocycles. The SMILES string of the molecule is CCC1CC(O)c2ccccc2N1C(=O)c1ccc(OC)c(OC)c1. The Balaban J connectivity index is 2.04. The summed E-state index contributed by atoms with van der Waals surface area (Å²) in [6.45, 7) is 2.03. The van der Waals surface area contributed by atoms with Gasteiger partial charge >= 0.3 is 0 Å². The highest BCUT2D eigenvalue weighted by Gasteiger charge is 2.34. The molecule has 2 unspecified atom stereocenters. The minimum absolute atomic E-state index is 0.0505. The summed E-state index contributed by atoms with van der Waals surface area (Å²) >= 11 is 0. The van der Waals surface area contributed by atoms with Crippen LogP contribution >= 0.6 is 0 Å². The first-order valence-corrected chi connectivity index (χ1v) is 8.43. The lowest BCUT2D eigenvalue weighted by Gasteiger charge is -2.39. The first-order chi connectivity index (χ1) is 12.1. The van der Waals surface area contributed by atoms with Gasteiger partial charge in [0.15, 0.2) is 11.5 Å². The van der Waals surface area contributed by atoms with E-state index in [1.165, 1.54) is 0 Å². The van der Waals surface area contributed by atoms with Gasteiger partial charge < -0.3 is 19.5 Å². The van der Waals surface area contributed by atoms with Gasteiger partial charge in [-0.1, -0.05) is 25.1 Å². The predicted octanol–water partition coefficient (Wildman–Crippen LogP) is 3.57. The fourth-order valence-corrected chi connectivity index (χ4v) is 3.41. The van der Waals surface area contributed by atoms with Gasteiger partial charge in [-0.15, -0.1) is 0 Å². The van der Waals surface area contributed by atoms with Gasteiger partial charge in [0, 0.05) is 17.2 Å². The van der Waals surface area contributed by atoms with Crippen LogP contribution in [0.3, 0.4) is 0 Å². The van der Waals surface area contributed by atoms with Crippen LogP contribution in [0.2, 0.25) is 0 Å². The maximum atomic E-state index is 13.3. The molecule has 2 aromatic rings. The normalized spacial score (nSPS) is 19.3. The zero-order valence-electron chi connectivity index (χ0n) is 14.7. The van der Waals surface area contributed by atoms with Crippen LogP contribution in [0.15, 0.2) is 42.5 Å². The molecule has 1 aliphatic rings. The molecule has 2 aromatic carbocycles. The smallest absolute Gasteiger partial charge is 0.258 e. The van der Waals surface area contributed by atoms with Crippen molar-refractivity contribution in [1.29, 1.82) is 0 Å². The number of rotatable bonds is 4. The number of benzene rings is 2. The molecule has 0 saturated carbocycles. The highest BCUT2D eigenvalue weighted by atomic mass is 16.5. The molecule has 3 rings (SSSR count). The second-order valence-electron chi connectivity index (χ2n) is 6.12.